The van der Waals surface area contributed by atoms with Gasteiger partial charge in [0.2, 0.25) is 0 Å². The molecule has 3 radical (unpaired) electrons. The van der Waals surface area contributed by atoms with E-state index in [9.17, 15) is 0 Å². The SMILES string of the molecule is C.C#CCN=[N+]=[N-].CC(C)c1cn(Cc2c[n-]nn2)nn1.C[CH-]C.[C-]#C.[N-]=[N+]=[N-].[Y].[Y].[Y].[c-]1cn(Cc2c[n-]nn2)nn1. The average molecular weight is 813 g/mol. The third-order valence-electron chi connectivity index (χ3n) is 3.31. The molecule has 4 aromatic heterocycles. The maximum absolute atomic E-state index is 7.56. The van der Waals surface area contributed by atoms with E-state index in [0.717, 1.165) is 17.1 Å². The first kappa shape index (κ1) is 53.2. The summed E-state index contributed by atoms with van der Waals surface area (Å²) in [6, 6.07) is 0. The fourth-order valence-electron chi connectivity index (χ4n) is 1.89. The second-order valence-corrected chi connectivity index (χ2v) is 6.65. The van der Waals surface area contributed by atoms with E-state index < -0.39 is 0 Å². The topological polar surface area (TPSA) is 249 Å². The fraction of sp³-hybridized carbons (Fsp3) is 0.409. The summed E-state index contributed by atoms with van der Waals surface area (Å²) in [6.07, 6.45) is 25.0. The van der Waals surface area contributed by atoms with Crippen LogP contribution in [0.3, 0.4) is 0 Å². The molecule has 18 nitrogen and oxygen atoms in total. The molecular weight excluding hydrogens is 783 g/mol. The molecule has 21 heteroatoms. The van der Waals surface area contributed by atoms with Gasteiger partial charge in [-0.2, -0.15) is 13.8 Å². The molecule has 0 bridgehead atoms. The number of hydrogen-bond acceptors (Lipinski definition) is 9. The van der Waals surface area contributed by atoms with Gasteiger partial charge >= 0.3 is 0 Å². The molecule has 0 spiro atoms. The Hall–Kier alpha value is -2.39. The molecule has 223 valence electrons. The number of aromatic nitrogens is 12. The number of azide groups is 1. The molecule has 4 heterocycles. The monoisotopic (exact) mass is 813 g/mol. The third kappa shape index (κ3) is 30.9. The van der Waals surface area contributed by atoms with Crippen molar-refractivity contribution in [1.29, 1.82) is 0 Å². The molecule has 0 saturated heterocycles. The quantitative estimate of drug-likeness (QED) is 0.0905. The van der Waals surface area contributed by atoms with E-state index >= 15 is 0 Å². The molecule has 0 atom stereocenters. The van der Waals surface area contributed by atoms with Crippen molar-refractivity contribution in [3.05, 3.63) is 87.3 Å². The van der Waals surface area contributed by atoms with Crippen LogP contribution in [0.5, 0.6) is 0 Å². The molecule has 0 amide bonds. The van der Waals surface area contributed by atoms with Gasteiger partial charge in [-0.3, -0.25) is 20.0 Å². The van der Waals surface area contributed by atoms with Gasteiger partial charge in [0.15, 0.2) is 0 Å². The van der Waals surface area contributed by atoms with Crippen LogP contribution in [0.2, 0.25) is 0 Å². The minimum absolute atomic E-state index is 0. The maximum Gasteiger partial charge on any atom is 0.0874 e. The summed E-state index contributed by atoms with van der Waals surface area (Å²) < 4.78 is 3.34. The zero-order valence-electron chi connectivity index (χ0n) is 23.5. The second-order valence-electron chi connectivity index (χ2n) is 6.65. The zero-order chi connectivity index (χ0) is 29.7. The molecular formula is C22H30N18Y3-6. The zero-order valence-corrected chi connectivity index (χ0v) is 32.0. The Morgan fingerprint density at radius 1 is 1.00 bits per heavy atom. The Morgan fingerprint density at radius 2 is 1.49 bits per heavy atom. The van der Waals surface area contributed by atoms with Gasteiger partial charge in [-0.15, -0.1) is 28.9 Å². The van der Waals surface area contributed by atoms with E-state index in [2.05, 4.69) is 93.9 Å². The predicted molar refractivity (Wildman–Crippen MR) is 145 cm³/mol. The van der Waals surface area contributed by atoms with Crippen molar-refractivity contribution in [3.8, 4) is 18.8 Å². The van der Waals surface area contributed by atoms with Gasteiger partial charge in [0.25, 0.3) is 0 Å². The molecule has 0 unspecified atom stereocenters. The summed E-state index contributed by atoms with van der Waals surface area (Å²) in [6.45, 7) is 9.43. The van der Waals surface area contributed by atoms with E-state index in [0.29, 0.717) is 19.0 Å². The Labute approximate surface area is 327 Å². The summed E-state index contributed by atoms with van der Waals surface area (Å²) in [5, 5.41) is 40.0. The van der Waals surface area contributed by atoms with Crippen LogP contribution in [0, 0.1) is 37.8 Å². The van der Waals surface area contributed by atoms with E-state index in [4.69, 9.17) is 29.4 Å². The van der Waals surface area contributed by atoms with Gasteiger partial charge in [0.1, 0.15) is 0 Å². The molecule has 0 aliphatic heterocycles. The van der Waals surface area contributed by atoms with Crippen LogP contribution in [-0.2, 0) is 111 Å². The third-order valence-corrected chi connectivity index (χ3v) is 3.31. The van der Waals surface area contributed by atoms with Gasteiger partial charge in [0.05, 0.1) is 25.3 Å². The van der Waals surface area contributed by atoms with Gasteiger partial charge in [-0.1, -0.05) is 44.0 Å². The number of hydrogen-bond donors (Lipinski definition) is 0. The van der Waals surface area contributed by atoms with Gasteiger partial charge < -0.3 is 62.0 Å². The van der Waals surface area contributed by atoms with Gasteiger partial charge in [-0.25, -0.2) is 4.68 Å². The fourth-order valence-corrected chi connectivity index (χ4v) is 1.89. The first-order valence-corrected chi connectivity index (χ1v) is 10.7. The molecule has 0 aromatic carbocycles. The summed E-state index contributed by atoms with van der Waals surface area (Å²) in [4.78, 5) is 3.91. The molecule has 0 saturated carbocycles. The molecule has 4 rings (SSSR count). The number of rotatable bonds is 6. The van der Waals surface area contributed by atoms with Crippen molar-refractivity contribution in [2.24, 2.45) is 5.11 Å². The van der Waals surface area contributed by atoms with Crippen molar-refractivity contribution < 1.29 is 98.1 Å². The summed E-state index contributed by atoms with van der Waals surface area (Å²) in [7, 11) is 0. The van der Waals surface area contributed by atoms with Crippen LogP contribution in [0.4, 0.5) is 0 Å². The van der Waals surface area contributed by atoms with E-state index in [1.807, 2.05) is 26.5 Å². The molecule has 43 heavy (non-hydrogen) atoms. The van der Waals surface area contributed by atoms with E-state index in [1.165, 1.54) is 4.91 Å². The van der Waals surface area contributed by atoms with E-state index in [-0.39, 0.29) is 112 Å². The predicted octanol–water partition coefficient (Wildman–Crippen LogP) is 2.93. The summed E-state index contributed by atoms with van der Waals surface area (Å²) in [5.74, 6) is 2.54. The van der Waals surface area contributed by atoms with Crippen LogP contribution >= 0.6 is 0 Å². The maximum atomic E-state index is 7.56. The molecule has 0 N–H and O–H groups in total. The van der Waals surface area contributed by atoms with Gasteiger partial charge in [-0.05, 0) is 22.8 Å². The number of nitrogens with zero attached hydrogens (tertiary/aromatic N) is 18. The summed E-state index contributed by atoms with van der Waals surface area (Å²) in [5.41, 5.74) is 23.6. The first-order chi connectivity index (χ1) is 18.9. The van der Waals surface area contributed by atoms with Crippen LogP contribution in [0.25, 0.3) is 26.4 Å². The van der Waals surface area contributed by atoms with Crippen molar-refractivity contribution in [1.82, 2.24) is 60.8 Å². The Morgan fingerprint density at radius 3 is 1.79 bits per heavy atom. The van der Waals surface area contributed by atoms with Crippen molar-refractivity contribution in [2.45, 2.75) is 54.1 Å². The van der Waals surface area contributed by atoms with Crippen LogP contribution in [0.15, 0.2) is 29.9 Å². The molecule has 0 aliphatic carbocycles. The normalized spacial score (nSPS) is 7.58. The second kappa shape index (κ2) is 39.6. The Balaban J connectivity index is -0.000000107. The number of terminal acetylenes is 2. The standard InChI is InChI=1S/C8H11N6.C5H4N6.C3H3N3.C3H7.C2H.CH4.N3.3Y/c1-6(2)8-5-14(13-11-8)4-7-3-9-12-10-7;1-2-11(10-6-1)4-5-3-7-9-8-5;1-2-3-5-6-4;1-3-2;1-2;;1-3-2;;;/h3,5-6H,4H2,1-2H3;2-3H,4H2;1H,3H2;3H,1-2H3;1H;1H4;;;;/q-1;-2;;2*-1;;-1;;;. The van der Waals surface area contributed by atoms with Crippen molar-refractivity contribution in [3.63, 3.8) is 0 Å². The van der Waals surface area contributed by atoms with Crippen molar-refractivity contribution >= 4 is 0 Å². The smallest absolute Gasteiger partial charge is 0.0874 e. The first-order valence-electron chi connectivity index (χ1n) is 10.7. The molecule has 4 aromatic rings. The minimum atomic E-state index is 0. The Kier molecular flexibility index (Phi) is 49.0. The molecule has 0 aliphatic rings. The van der Waals surface area contributed by atoms with Crippen LogP contribution < -0.4 is 10.2 Å². The summed E-state index contributed by atoms with van der Waals surface area (Å²) >= 11 is 0. The minimum Gasteiger partial charge on any atom is -0.697 e. The van der Waals surface area contributed by atoms with Gasteiger partial charge in [0, 0.05) is 109 Å². The molecule has 0 fully saturated rings. The Bertz CT molecular complexity index is 1180. The van der Waals surface area contributed by atoms with E-state index in [1.54, 1.807) is 28.0 Å². The van der Waals surface area contributed by atoms with Crippen molar-refractivity contribution in [2.75, 3.05) is 6.54 Å². The largest absolute Gasteiger partial charge is 0.697 e. The van der Waals surface area contributed by atoms with Crippen LogP contribution in [0.1, 0.15) is 58.1 Å². The van der Waals surface area contributed by atoms with Crippen LogP contribution in [-0.4, -0.2) is 57.2 Å². The average Bonchev–Trinajstić information content (AvgIpc) is 3.76.